The molecule has 0 unspecified atom stereocenters. The molecule has 7 heteroatoms. The highest BCUT2D eigenvalue weighted by Crippen LogP contribution is 2.34. The van der Waals surface area contributed by atoms with Gasteiger partial charge in [0.1, 0.15) is 6.54 Å². The summed E-state index contributed by atoms with van der Waals surface area (Å²) >= 11 is 0. The van der Waals surface area contributed by atoms with Crippen molar-refractivity contribution in [1.29, 1.82) is 0 Å². The van der Waals surface area contributed by atoms with Crippen LogP contribution in [0.1, 0.15) is 5.69 Å². The normalized spacial score (nSPS) is 22.8. The average Bonchev–Trinajstić information content (AvgIpc) is 2.52. The molecule has 2 aliphatic heterocycles. The van der Waals surface area contributed by atoms with Crippen LogP contribution in [0.5, 0.6) is 0 Å². The third kappa shape index (κ3) is 2.37. The van der Waals surface area contributed by atoms with E-state index in [4.69, 9.17) is 0 Å². The van der Waals surface area contributed by atoms with Crippen LogP contribution in [0.4, 0.5) is 13.2 Å². The predicted molar refractivity (Wildman–Crippen MR) is 58.9 cm³/mol. The van der Waals surface area contributed by atoms with Crippen molar-refractivity contribution in [2.24, 2.45) is 5.41 Å². The SMILES string of the molecule is FC(F)(F)Cn1ccc(CN2CC3(CNC3)C2)n1. The van der Waals surface area contributed by atoms with Crippen molar-refractivity contribution in [2.75, 3.05) is 26.2 Å². The lowest BCUT2D eigenvalue weighted by atomic mass is 9.74. The summed E-state index contributed by atoms with van der Waals surface area (Å²) in [6, 6.07) is 1.66. The number of hydrogen-bond donors (Lipinski definition) is 1. The Kier molecular flexibility index (Phi) is 2.63. The van der Waals surface area contributed by atoms with Gasteiger partial charge in [-0.1, -0.05) is 0 Å². The number of alkyl halides is 3. The van der Waals surface area contributed by atoms with Crippen LogP contribution in [0.3, 0.4) is 0 Å². The Hall–Kier alpha value is -1.08. The van der Waals surface area contributed by atoms with Gasteiger partial charge >= 0.3 is 6.18 Å². The maximum Gasteiger partial charge on any atom is 0.408 e. The second-order valence-electron chi connectivity index (χ2n) is 5.37. The van der Waals surface area contributed by atoms with Crippen LogP contribution in [-0.4, -0.2) is 47.0 Å². The lowest BCUT2D eigenvalue weighted by Gasteiger charge is -2.56. The molecule has 0 aromatic carbocycles. The van der Waals surface area contributed by atoms with Gasteiger partial charge in [-0.15, -0.1) is 0 Å². The minimum Gasteiger partial charge on any atom is -0.315 e. The molecular weight excluding hydrogens is 245 g/mol. The minimum atomic E-state index is -4.21. The van der Waals surface area contributed by atoms with E-state index in [0.717, 1.165) is 30.9 Å². The van der Waals surface area contributed by atoms with E-state index in [9.17, 15) is 13.2 Å². The Morgan fingerprint density at radius 3 is 2.61 bits per heavy atom. The van der Waals surface area contributed by atoms with Crippen LogP contribution in [-0.2, 0) is 13.1 Å². The smallest absolute Gasteiger partial charge is 0.315 e. The molecule has 2 fully saturated rings. The molecule has 1 aromatic heterocycles. The van der Waals surface area contributed by atoms with E-state index in [0.29, 0.717) is 17.7 Å². The van der Waals surface area contributed by atoms with Crippen LogP contribution >= 0.6 is 0 Å². The molecule has 0 atom stereocenters. The van der Waals surface area contributed by atoms with Crippen LogP contribution in [0.15, 0.2) is 12.3 Å². The van der Waals surface area contributed by atoms with Crippen molar-refractivity contribution in [3.8, 4) is 0 Å². The fraction of sp³-hybridized carbons (Fsp3) is 0.727. The second-order valence-corrected chi connectivity index (χ2v) is 5.37. The predicted octanol–water partition coefficient (Wildman–Crippen LogP) is 0.851. The van der Waals surface area contributed by atoms with Crippen molar-refractivity contribution in [3.63, 3.8) is 0 Å². The molecule has 0 aliphatic carbocycles. The number of likely N-dealkylation sites (tertiary alicyclic amines) is 1. The van der Waals surface area contributed by atoms with Crippen molar-refractivity contribution in [1.82, 2.24) is 20.0 Å². The van der Waals surface area contributed by atoms with E-state index in [1.165, 1.54) is 6.20 Å². The highest BCUT2D eigenvalue weighted by molar-refractivity contribution is 5.07. The minimum absolute atomic E-state index is 0.439. The fourth-order valence-corrected chi connectivity index (χ4v) is 2.71. The third-order valence-corrected chi connectivity index (χ3v) is 3.54. The summed E-state index contributed by atoms with van der Waals surface area (Å²) in [5, 5.41) is 7.20. The van der Waals surface area contributed by atoms with Crippen LogP contribution in [0.2, 0.25) is 0 Å². The summed E-state index contributed by atoms with van der Waals surface area (Å²) < 4.78 is 37.5. The van der Waals surface area contributed by atoms with Crippen LogP contribution in [0, 0.1) is 5.41 Å². The van der Waals surface area contributed by atoms with E-state index in [-0.39, 0.29) is 0 Å². The summed E-state index contributed by atoms with van der Waals surface area (Å²) in [6.07, 6.45) is -2.81. The van der Waals surface area contributed by atoms with E-state index in [2.05, 4.69) is 15.3 Å². The van der Waals surface area contributed by atoms with Crippen molar-refractivity contribution >= 4 is 0 Å². The maximum atomic E-state index is 12.2. The maximum absolute atomic E-state index is 12.2. The van der Waals surface area contributed by atoms with Gasteiger partial charge in [-0.25, -0.2) is 0 Å². The standard InChI is InChI=1S/C11H15F3N4/c12-11(13,14)8-18-2-1-9(16-18)3-17-6-10(7-17)4-15-5-10/h1-2,15H,3-8H2. The van der Waals surface area contributed by atoms with E-state index >= 15 is 0 Å². The number of aromatic nitrogens is 2. The zero-order chi connectivity index (χ0) is 12.8. The van der Waals surface area contributed by atoms with Crippen molar-refractivity contribution in [3.05, 3.63) is 18.0 Å². The van der Waals surface area contributed by atoms with E-state index < -0.39 is 12.7 Å². The number of hydrogen-bond acceptors (Lipinski definition) is 3. The second kappa shape index (κ2) is 3.96. The topological polar surface area (TPSA) is 33.1 Å². The largest absolute Gasteiger partial charge is 0.408 e. The zero-order valence-corrected chi connectivity index (χ0v) is 9.87. The Balaban J connectivity index is 1.52. The molecule has 1 aromatic rings. The third-order valence-electron chi connectivity index (χ3n) is 3.54. The molecule has 1 N–H and O–H groups in total. The molecule has 0 amide bonds. The molecular formula is C11H15F3N4. The molecule has 3 heterocycles. The molecule has 100 valence electrons. The molecule has 1 spiro atoms. The van der Waals surface area contributed by atoms with Gasteiger partial charge in [0.05, 0.1) is 5.69 Å². The van der Waals surface area contributed by atoms with E-state index in [1.807, 2.05) is 0 Å². The van der Waals surface area contributed by atoms with Gasteiger partial charge in [0.25, 0.3) is 0 Å². The summed E-state index contributed by atoms with van der Waals surface area (Å²) in [7, 11) is 0. The Labute approximate surface area is 103 Å². The Morgan fingerprint density at radius 2 is 2.06 bits per heavy atom. The Bertz CT molecular complexity index is 428. The van der Waals surface area contributed by atoms with Gasteiger partial charge in [-0.2, -0.15) is 18.3 Å². The number of rotatable bonds is 3. The van der Waals surface area contributed by atoms with Crippen molar-refractivity contribution < 1.29 is 13.2 Å². The van der Waals surface area contributed by atoms with Gasteiger partial charge in [0.2, 0.25) is 0 Å². The van der Waals surface area contributed by atoms with Gasteiger partial charge in [0, 0.05) is 44.3 Å². The first-order valence-corrected chi connectivity index (χ1v) is 5.96. The summed E-state index contributed by atoms with van der Waals surface area (Å²) in [5.41, 5.74) is 1.15. The van der Waals surface area contributed by atoms with Crippen LogP contribution in [0.25, 0.3) is 0 Å². The molecule has 3 rings (SSSR count). The highest BCUT2D eigenvalue weighted by atomic mass is 19.4. The lowest BCUT2D eigenvalue weighted by molar-refractivity contribution is -0.142. The molecule has 2 aliphatic rings. The van der Waals surface area contributed by atoms with Crippen molar-refractivity contribution in [2.45, 2.75) is 19.3 Å². The molecule has 0 saturated carbocycles. The monoisotopic (exact) mass is 260 g/mol. The quantitative estimate of drug-likeness (QED) is 0.874. The highest BCUT2D eigenvalue weighted by Gasteiger charge is 2.47. The van der Waals surface area contributed by atoms with Gasteiger partial charge in [-0.05, 0) is 6.07 Å². The molecule has 18 heavy (non-hydrogen) atoms. The number of nitrogens with one attached hydrogen (secondary N) is 1. The first kappa shape index (κ1) is 12.0. The molecule has 4 nitrogen and oxygen atoms in total. The molecule has 2 saturated heterocycles. The summed E-state index contributed by atoms with van der Waals surface area (Å²) in [4.78, 5) is 2.22. The zero-order valence-electron chi connectivity index (χ0n) is 9.87. The number of nitrogens with zero attached hydrogens (tertiary/aromatic N) is 3. The first-order chi connectivity index (χ1) is 8.44. The molecule has 0 bridgehead atoms. The first-order valence-electron chi connectivity index (χ1n) is 5.96. The lowest BCUT2D eigenvalue weighted by Crippen LogP contribution is -2.70. The summed E-state index contributed by atoms with van der Waals surface area (Å²) in [5.74, 6) is 0. The Morgan fingerprint density at radius 1 is 1.33 bits per heavy atom. The van der Waals surface area contributed by atoms with Gasteiger partial charge in [0.15, 0.2) is 0 Å². The van der Waals surface area contributed by atoms with E-state index in [1.54, 1.807) is 6.07 Å². The molecule has 0 radical (unpaired) electrons. The van der Waals surface area contributed by atoms with Crippen LogP contribution < -0.4 is 5.32 Å². The van der Waals surface area contributed by atoms with Gasteiger partial charge < -0.3 is 5.32 Å². The number of halogens is 3. The fourth-order valence-electron chi connectivity index (χ4n) is 2.71. The summed E-state index contributed by atoms with van der Waals surface area (Å²) in [6.45, 7) is 3.80. The average molecular weight is 260 g/mol. The van der Waals surface area contributed by atoms with Gasteiger partial charge in [-0.3, -0.25) is 9.58 Å².